The number of benzene rings is 1. The van der Waals surface area contributed by atoms with Crippen molar-refractivity contribution in [3.8, 4) is 5.75 Å². The van der Waals surface area contributed by atoms with E-state index < -0.39 is 23.4 Å². The second kappa shape index (κ2) is 8.58. The van der Waals surface area contributed by atoms with Gasteiger partial charge in [-0.05, 0) is 62.0 Å². The quantitative estimate of drug-likeness (QED) is 0.536. The van der Waals surface area contributed by atoms with E-state index in [1.54, 1.807) is 12.1 Å². The van der Waals surface area contributed by atoms with Gasteiger partial charge in [-0.2, -0.15) is 0 Å². The Morgan fingerprint density at radius 1 is 1.30 bits per heavy atom. The topological polar surface area (TPSA) is 132 Å². The number of amides is 2. The number of nitrogens with zero attached hydrogens (tertiary/aromatic N) is 1. The SMILES string of the molecule is Cc1cc(OCC2CCNCC2)ccc1C1(C(N)=O)NC=NC1C(N)=O.Cl. The van der Waals surface area contributed by atoms with Crippen molar-refractivity contribution in [3.05, 3.63) is 29.3 Å². The average molecular weight is 396 g/mol. The van der Waals surface area contributed by atoms with Crippen LogP contribution in [-0.2, 0) is 15.1 Å². The van der Waals surface area contributed by atoms with Gasteiger partial charge in [0.1, 0.15) is 5.75 Å². The molecule has 1 aromatic rings. The van der Waals surface area contributed by atoms with Gasteiger partial charge in [-0.3, -0.25) is 14.6 Å². The van der Waals surface area contributed by atoms with E-state index in [4.69, 9.17) is 16.2 Å². The molecule has 2 aliphatic rings. The lowest BCUT2D eigenvalue weighted by molar-refractivity contribution is -0.130. The van der Waals surface area contributed by atoms with Crippen molar-refractivity contribution < 1.29 is 14.3 Å². The Kier molecular flexibility index (Phi) is 6.67. The summed E-state index contributed by atoms with van der Waals surface area (Å²) in [5.41, 5.74) is 10.9. The summed E-state index contributed by atoms with van der Waals surface area (Å²) in [4.78, 5) is 28.0. The summed E-state index contributed by atoms with van der Waals surface area (Å²) in [5.74, 6) is -0.155. The van der Waals surface area contributed by atoms with Crippen LogP contribution >= 0.6 is 12.4 Å². The number of carbonyl (C=O) groups excluding carboxylic acids is 2. The Labute approximate surface area is 164 Å². The third-order valence-electron chi connectivity index (χ3n) is 5.15. The van der Waals surface area contributed by atoms with Crippen molar-refractivity contribution in [3.63, 3.8) is 0 Å². The molecule has 1 aromatic carbocycles. The number of nitrogens with one attached hydrogen (secondary N) is 2. The number of carbonyl (C=O) groups is 2. The molecule has 0 aliphatic carbocycles. The fourth-order valence-electron chi connectivity index (χ4n) is 3.69. The van der Waals surface area contributed by atoms with Gasteiger partial charge >= 0.3 is 0 Å². The predicted octanol–water partition coefficient (Wildman–Crippen LogP) is -0.0388. The fraction of sp³-hybridized carbons (Fsp3) is 0.500. The van der Waals surface area contributed by atoms with Crippen LogP contribution in [0.5, 0.6) is 5.75 Å². The van der Waals surface area contributed by atoms with Crippen LogP contribution in [0.2, 0.25) is 0 Å². The lowest BCUT2D eigenvalue weighted by Gasteiger charge is -2.32. The van der Waals surface area contributed by atoms with Crippen LogP contribution in [0.25, 0.3) is 0 Å². The number of halogens is 1. The van der Waals surface area contributed by atoms with E-state index in [2.05, 4.69) is 15.6 Å². The highest BCUT2D eigenvalue weighted by molar-refractivity contribution is 6.00. The van der Waals surface area contributed by atoms with Crippen LogP contribution in [-0.4, -0.2) is 43.9 Å². The number of hydrogen-bond donors (Lipinski definition) is 4. The average Bonchev–Trinajstić information content (AvgIpc) is 3.07. The van der Waals surface area contributed by atoms with Crippen molar-refractivity contribution in [2.45, 2.75) is 31.3 Å². The summed E-state index contributed by atoms with van der Waals surface area (Å²) in [6.07, 6.45) is 3.51. The van der Waals surface area contributed by atoms with Gasteiger partial charge in [-0.15, -0.1) is 12.4 Å². The molecule has 2 amide bonds. The van der Waals surface area contributed by atoms with E-state index in [0.717, 1.165) is 37.2 Å². The summed E-state index contributed by atoms with van der Waals surface area (Å²) in [6.45, 7) is 4.54. The van der Waals surface area contributed by atoms with E-state index in [1.807, 2.05) is 13.0 Å². The highest BCUT2D eigenvalue weighted by atomic mass is 35.5. The maximum absolute atomic E-state index is 12.2. The van der Waals surface area contributed by atoms with Gasteiger partial charge in [0, 0.05) is 0 Å². The highest BCUT2D eigenvalue weighted by Gasteiger charge is 2.52. The Morgan fingerprint density at radius 2 is 2.00 bits per heavy atom. The predicted molar refractivity (Wildman–Crippen MR) is 105 cm³/mol. The third kappa shape index (κ3) is 4.01. The molecule has 0 aromatic heterocycles. The summed E-state index contributed by atoms with van der Waals surface area (Å²) >= 11 is 0. The molecule has 2 atom stereocenters. The van der Waals surface area contributed by atoms with E-state index in [1.165, 1.54) is 6.34 Å². The van der Waals surface area contributed by atoms with Crippen molar-refractivity contribution in [1.29, 1.82) is 0 Å². The lowest BCUT2D eigenvalue weighted by Crippen LogP contribution is -2.59. The number of primary amides is 2. The monoisotopic (exact) mass is 395 g/mol. The second-order valence-corrected chi connectivity index (χ2v) is 6.88. The molecule has 3 rings (SSSR count). The van der Waals surface area contributed by atoms with Gasteiger partial charge in [0.05, 0.1) is 12.9 Å². The summed E-state index contributed by atoms with van der Waals surface area (Å²) in [5, 5.41) is 6.18. The molecule has 0 radical (unpaired) electrons. The minimum atomic E-state index is -1.47. The molecule has 0 bridgehead atoms. The largest absolute Gasteiger partial charge is 0.493 e. The maximum atomic E-state index is 12.2. The number of aryl methyl sites for hydroxylation is 1. The number of piperidine rings is 1. The van der Waals surface area contributed by atoms with Crippen LogP contribution in [0, 0.1) is 12.8 Å². The number of nitrogens with two attached hydrogens (primary N) is 2. The molecule has 1 saturated heterocycles. The number of rotatable bonds is 6. The van der Waals surface area contributed by atoms with E-state index in [-0.39, 0.29) is 12.4 Å². The van der Waals surface area contributed by atoms with Gasteiger partial charge in [-0.1, -0.05) is 6.07 Å². The summed E-state index contributed by atoms with van der Waals surface area (Å²) in [6, 6.07) is 4.29. The van der Waals surface area contributed by atoms with Crippen molar-refractivity contribution in [2.75, 3.05) is 19.7 Å². The number of hydrogen-bond acceptors (Lipinski definition) is 6. The fourth-order valence-corrected chi connectivity index (χ4v) is 3.69. The van der Waals surface area contributed by atoms with E-state index in [0.29, 0.717) is 18.1 Å². The van der Waals surface area contributed by atoms with Crippen LogP contribution < -0.4 is 26.8 Å². The Bertz CT molecular complexity index is 736. The summed E-state index contributed by atoms with van der Waals surface area (Å²) < 4.78 is 5.92. The van der Waals surface area contributed by atoms with Crippen molar-refractivity contribution >= 4 is 30.6 Å². The van der Waals surface area contributed by atoms with Crippen LogP contribution in [0.1, 0.15) is 24.0 Å². The minimum absolute atomic E-state index is 0. The molecule has 0 saturated carbocycles. The molecule has 6 N–H and O–H groups in total. The van der Waals surface area contributed by atoms with Gasteiger partial charge < -0.3 is 26.8 Å². The molecule has 1 fully saturated rings. The third-order valence-corrected chi connectivity index (χ3v) is 5.15. The first-order valence-corrected chi connectivity index (χ1v) is 8.78. The first kappa shape index (κ1) is 21.0. The standard InChI is InChI=1S/C18H25N5O3.ClH/c1-11-8-13(26-9-12-4-6-21-7-5-12)2-3-14(11)18(17(20)25)15(16(19)24)22-10-23-18;/h2-3,8,10,12,15,21H,4-7,9H2,1H3,(H2,19,24)(H2,20,25)(H,22,23);1H. The Balaban J connectivity index is 0.00000261. The molecular weight excluding hydrogens is 370 g/mol. The first-order chi connectivity index (χ1) is 12.4. The van der Waals surface area contributed by atoms with Gasteiger partial charge in [0.15, 0.2) is 11.6 Å². The van der Waals surface area contributed by atoms with Crippen LogP contribution in [0.3, 0.4) is 0 Å². The van der Waals surface area contributed by atoms with Crippen LogP contribution in [0.15, 0.2) is 23.2 Å². The van der Waals surface area contributed by atoms with Crippen molar-refractivity contribution in [1.82, 2.24) is 10.6 Å². The minimum Gasteiger partial charge on any atom is -0.493 e. The number of aliphatic imine (C=N–C) groups is 1. The Hall–Kier alpha value is -2.32. The van der Waals surface area contributed by atoms with Crippen molar-refractivity contribution in [2.24, 2.45) is 22.4 Å². The molecule has 2 heterocycles. The lowest BCUT2D eigenvalue weighted by atomic mass is 9.80. The molecule has 2 aliphatic heterocycles. The smallest absolute Gasteiger partial charge is 0.250 e. The zero-order chi connectivity index (χ0) is 18.7. The molecule has 148 valence electrons. The second-order valence-electron chi connectivity index (χ2n) is 6.88. The van der Waals surface area contributed by atoms with Gasteiger partial charge in [0.25, 0.3) is 5.91 Å². The molecule has 2 unspecified atom stereocenters. The first-order valence-electron chi connectivity index (χ1n) is 8.78. The molecule has 9 heteroatoms. The highest BCUT2D eigenvalue weighted by Crippen LogP contribution is 2.34. The van der Waals surface area contributed by atoms with Gasteiger partial charge in [-0.25, -0.2) is 0 Å². The van der Waals surface area contributed by atoms with E-state index >= 15 is 0 Å². The molecule has 27 heavy (non-hydrogen) atoms. The molecule has 0 spiro atoms. The maximum Gasteiger partial charge on any atom is 0.250 e. The number of ether oxygens (including phenoxy) is 1. The normalized spacial score (nSPS) is 24.7. The zero-order valence-electron chi connectivity index (χ0n) is 15.2. The van der Waals surface area contributed by atoms with Gasteiger partial charge in [0.2, 0.25) is 5.91 Å². The van der Waals surface area contributed by atoms with E-state index in [9.17, 15) is 9.59 Å². The van der Waals surface area contributed by atoms with Crippen LogP contribution in [0.4, 0.5) is 0 Å². The zero-order valence-corrected chi connectivity index (χ0v) is 16.1. The molecule has 8 nitrogen and oxygen atoms in total. The Morgan fingerprint density at radius 3 is 2.59 bits per heavy atom. The molecular formula is C18H26ClN5O3. The summed E-state index contributed by atoms with van der Waals surface area (Å²) in [7, 11) is 0.